The van der Waals surface area contributed by atoms with Crippen molar-refractivity contribution < 1.29 is 9.21 Å². The molecule has 0 spiro atoms. The van der Waals surface area contributed by atoms with Gasteiger partial charge in [-0.2, -0.15) is 0 Å². The normalized spacial score (nSPS) is 18.4. The number of aromatic nitrogens is 1. The Morgan fingerprint density at radius 1 is 1.35 bits per heavy atom. The zero-order valence-corrected chi connectivity index (χ0v) is 13.5. The number of hydrogen-bond donors (Lipinski definition) is 1. The van der Waals surface area contributed by atoms with E-state index in [1.807, 2.05) is 30.0 Å². The van der Waals surface area contributed by atoms with Crippen molar-refractivity contribution in [3.05, 3.63) is 53.7 Å². The van der Waals surface area contributed by atoms with Crippen molar-refractivity contribution in [3.8, 4) is 0 Å². The summed E-state index contributed by atoms with van der Waals surface area (Å²) < 4.78 is 5.32. The first-order valence-electron chi connectivity index (χ1n) is 8.21. The van der Waals surface area contributed by atoms with Crippen LogP contribution in [-0.2, 0) is 6.54 Å². The van der Waals surface area contributed by atoms with E-state index in [9.17, 15) is 4.79 Å². The zero-order valence-electron chi connectivity index (χ0n) is 13.5. The van der Waals surface area contributed by atoms with E-state index >= 15 is 0 Å². The minimum atomic E-state index is 0.0359. The van der Waals surface area contributed by atoms with E-state index in [0.29, 0.717) is 17.9 Å². The van der Waals surface area contributed by atoms with Crippen LogP contribution >= 0.6 is 0 Å². The molecule has 0 bridgehead atoms. The summed E-state index contributed by atoms with van der Waals surface area (Å²) >= 11 is 0. The summed E-state index contributed by atoms with van der Waals surface area (Å²) in [6, 6.07) is 7.82. The molecular weight excluding hydrogens is 290 g/mol. The molecule has 0 aromatic carbocycles. The highest BCUT2D eigenvalue weighted by atomic mass is 16.3. The molecule has 1 aliphatic heterocycles. The van der Waals surface area contributed by atoms with Gasteiger partial charge in [-0.05, 0) is 57.5 Å². The predicted molar refractivity (Wildman–Crippen MR) is 88.1 cm³/mol. The van der Waals surface area contributed by atoms with Gasteiger partial charge in [-0.25, -0.2) is 0 Å². The molecule has 1 fully saturated rings. The van der Waals surface area contributed by atoms with E-state index in [2.05, 4.69) is 10.3 Å². The number of amides is 1. The Bertz CT molecular complexity index is 631. The van der Waals surface area contributed by atoms with Gasteiger partial charge in [-0.3, -0.25) is 9.78 Å². The van der Waals surface area contributed by atoms with Crippen LogP contribution in [0.4, 0.5) is 0 Å². The second-order valence-electron chi connectivity index (χ2n) is 5.98. The van der Waals surface area contributed by atoms with Crippen molar-refractivity contribution in [1.29, 1.82) is 0 Å². The van der Waals surface area contributed by atoms with Crippen LogP contribution in [0.1, 0.15) is 41.1 Å². The van der Waals surface area contributed by atoms with Gasteiger partial charge >= 0.3 is 0 Å². The van der Waals surface area contributed by atoms with Crippen molar-refractivity contribution in [2.24, 2.45) is 0 Å². The van der Waals surface area contributed by atoms with Gasteiger partial charge in [-0.1, -0.05) is 6.07 Å². The highest BCUT2D eigenvalue weighted by Crippen LogP contribution is 2.21. The average molecular weight is 313 g/mol. The number of nitrogens with zero attached hydrogens (tertiary/aromatic N) is 2. The third-order valence-electron chi connectivity index (χ3n) is 4.39. The van der Waals surface area contributed by atoms with Gasteiger partial charge in [0.2, 0.25) is 0 Å². The number of furan rings is 1. The molecule has 122 valence electrons. The number of rotatable bonds is 4. The predicted octanol–water partition coefficient (Wildman–Crippen LogP) is 2.77. The molecule has 1 amide bonds. The fourth-order valence-corrected chi connectivity index (χ4v) is 3.11. The minimum Gasteiger partial charge on any atom is -0.469 e. The molecule has 1 N–H and O–H groups in total. The molecule has 0 aliphatic carbocycles. The second kappa shape index (κ2) is 7.42. The molecule has 23 heavy (non-hydrogen) atoms. The number of carbonyl (C=O) groups is 1. The van der Waals surface area contributed by atoms with Crippen LogP contribution in [0.5, 0.6) is 0 Å². The molecule has 2 aromatic rings. The summed E-state index contributed by atoms with van der Waals surface area (Å²) in [7, 11) is 0. The lowest BCUT2D eigenvalue weighted by molar-refractivity contribution is 0.0640. The SMILES string of the molecule is Cc1occc1C(=O)N(Cc1ccccn1)[C@@H]1CCCNCC1. The maximum absolute atomic E-state index is 13.1. The molecule has 5 heteroatoms. The highest BCUT2D eigenvalue weighted by Gasteiger charge is 2.27. The van der Waals surface area contributed by atoms with Gasteiger partial charge in [-0.15, -0.1) is 0 Å². The number of pyridine rings is 1. The molecule has 1 aliphatic rings. The van der Waals surface area contributed by atoms with Gasteiger partial charge in [0.05, 0.1) is 24.1 Å². The fraction of sp³-hybridized carbons (Fsp3) is 0.444. The molecule has 1 saturated heterocycles. The third kappa shape index (κ3) is 3.79. The summed E-state index contributed by atoms with van der Waals surface area (Å²) in [6.07, 6.45) is 6.42. The first-order chi connectivity index (χ1) is 11.3. The smallest absolute Gasteiger partial charge is 0.257 e. The third-order valence-corrected chi connectivity index (χ3v) is 4.39. The monoisotopic (exact) mass is 313 g/mol. The highest BCUT2D eigenvalue weighted by molar-refractivity contribution is 5.95. The molecule has 3 heterocycles. The summed E-state index contributed by atoms with van der Waals surface area (Å²) in [5.74, 6) is 0.710. The fourth-order valence-electron chi connectivity index (χ4n) is 3.11. The first kappa shape index (κ1) is 15.7. The van der Waals surface area contributed by atoms with Gasteiger partial charge < -0.3 is 14.6 Å². The van der Waals surface area contributed by atoms with Crippen LogP contribution < -0.4 is 5.32 Å². The molecule has 0 radical (unpaired) electrons. The van der Waals surface area contributed by atoms with Gasteiger partial charge in [0.1, 0.15) is 5.76 Å². The minimum absolute atomic E-state index is 0.0359. The summed E-state index contributed by atoms with van der Waals surface area (Å²) in [6.45, 7) is 4.34. The first-order valence-corrected chi connectivity index (χ1v) is 8.21. The summed E-state index contributed by atoms with van der Waals surface area (Å²) in [5.41, 5.74) is 1.57. The molecule has 2 aromatic heterocycles. The Morgan fingerprint density at radius 2 is 2.26 bits per heavy atom. The Hall–Kier alpha value is -2.14. The van der Waals surface area contributed by atoms with Gasteiger partial charge in [0.15, 0.2) is 0 Å². The van der Waals surface area contributed by atoms with Crippen molar-refractivity contribution >= 4 is 5.91 Å². The lowest BCUT2D eigenvalue weighted by Crippen LogP contribution is -2.40. The Kier molecular flexibility index (Phi) is 5.08. The van der Waals surface area contributed by atoms with Crippen LogP contribution in [0.25, 0.3) is 0 Å². The van der Waals surface area contributed by atoms with Crippen molar-refractivity contribution in [1.82, 2.24) is 15.2 Å². The van der Waals surface area contributed by atoms with Crippen molar-refractivity contribution in [3.63, 3.8) is 0 Å². The summed E-state index contributed by atoms with van der Waals surface area (Å²) in [5, 5.41) is 3.41. The van der Waals surface area contributed by atoms with Gasteiger partial charge in [0, 0.05) is 12.2 Å². The Morgan fingerprint density at radius 3 is 3.00 bits per heavy atom. The Balaban J connectivity index is 1.86. The molecule has 3 rings (SSSR count). The van der Waals surface area contributed by atoms with E-state index in [1.54, 1.807) is 18.5 Å². The van der Waals surface area contributed by atoms with E-state index in [-0.39, 0.29) is 11.9 Å². The van der Waals surface area contributed by atoms with E-state index in [1.165, 1.54) is 0 Å². The van der Waals surface area contributed by atoms with Crippen LogP contribution in [0.15, 0.2) is 41.1 Å². The maximum atomic E-state index is 13.1. The number of carbonyl (C=O) groups excluding carboxylic acids is 1. The molecular formula is C18H23N3O2. The second-order valence-corrected chi connectivity index (χ2v) is 5.98. The molecule has 1 atom stereocenters. The maximum Gasteiger partial charge on any atom is 0.257 e. The van der Waals surface area contributed by atoms with Crippen molar-refractivity contribution in [2.75, 3.05) is 13.1 Å². The Labute approximate surface area is 136 Å². The van der Waals surface area contributed by atoms with Crippen LogP contribution in [0.2, 0.25) is 0 Å². The average Bonchev–Trinajstić information content (AvgIpc) is 2.84. The van der Waals surface area contributed by atoms with Crippen LogP contribution in [0, 0.1) is 6.92 Å². The van der Waals surface area contributed by atoms with Crippen molar-refractivity contribution in [2.45, 2.75) is 38.8 Å². The van der Waals surface area contributed by atoms with E-state index < -0.39 is 0 Å². The quantitative estimate of drug-likeness (QED) is 0.943. The lowest BCUT2D eigenvalue weighted by atomic mass is 10.1. The van der Waals surface area contributed by atoms with Gasteiger partial charge in [0.25, 0.3) is 5.91 Å². The molecule has 0 unspecified atom stereocenters. The lowest BCUT2D eigenvalue weighted by Gasteiger charge is -2.31. The number of nitrogens with one attached hydrogen (secondary N) is 1. The van der Waals surface area contributed by atoms with Crippen LogP contribution in [-0.4, -0.2) is 34.9 Å². The number of hydrogen-bond acceptors (Lipinski definition) is 4. The van der Waals surface area contributed by atoms with Crippen LogP contribution in [0.3, 0.4) is 0 Å². The zero-order chi connectivity index (χ0) is 16.1. The standard InChI is InChI=1S/C18H23N3O2/c1-14-17(8-12-23-14)18(22)21(13-15-5-2-3-10-20-15)16-6-4-9-19-11-7-16/h2-3,5,8,10,12,16,19H,4,6-7,9,11,13H2,1H3/t16-/m1/s1. The largest absolute Gasteiger partial charge is 0.469 e. The summed E-state index contributed by atoms with van der Waals surface area (Å²) in [4.78, 5) is 19.4. The topological polar surface area (TPSA) is 58.4 Å². The van der Waals surface area contributed by atoms with E-state index in [0.717, 1.165) is 38.0 Å². The molecule has 0 saturated carbocycles. The van der Waals surface area contributed by atoms with E-state index in [4.69, 9.17) is 4.42 Å². The number of aryl methyl sites for hydroxylation is 1. The molecule has 5 nitrogen and oxygen atoms in total.